The molecule has 0 unspecified atom stereocenters. The lowest BCUT2D eigenvalue weighted by atomic mass is 10.3. The van der Waals surface area contributed by atoms with Crippen LogP contribution in [0.2, 0.25) is 0 Å². The molecule has 6 nitrogen and oxygen atoms in total. The minimum absolute atomic E-state index is 0.0448. The molecular weight excluding hydrogens is 394 g/mol. The van der Waals surface area contributed by atoms with Gasteiger partial charge in [0.1, 0.15) is 11.4 Å². The summed E-state index contributed by atoms with van der Waals surface area (Å²) in [7, 11) is 1.64. The van der Waals surface area contributed by atoms with Crippen LogP contribution in [-0.4, -0.2) is 27.3 Å². The van der Waals surface area contributed by atoms with Crippen LogP contribution in [0.1, 0.15) is 10.5 Å². The van der Waals surface area contributed by atoms with Crippen LogP contribution >= 0.6 is 27.3 Å². The van der Waals surface area contributed by atoms with Crippen LogP contribution in [0.15, 0.2) is 28.9 Å². The number of amides is 1. The quantitative estimate of drug-likeness (QED) is 0.722. The molecule has 0 fully saturated rings. The average Bonchev–Trinajstić information content (AvgIpc) is 3.00. The molecule has 10 heteroatoms. The molecule has 0 aliphatic rings. The maximum absolute atomic E-state index is 12.2. The van der Waals surface area contributed by atoms with E-state index in [9.17, 15) is 13.6 Å². The van der Waals surface area contributed by atoms with Gasteiger partial charge in [0.05, 0.1) is 20.9 Å². The number of alkyl halides is 2. The van der Waals surface area contributed by atoms with E-state index in [-0.39, 0.29) is 11.7 Å². The zero-order valence-corrected chi connectivity index (χ0v) is 14.0. The zero-order valence-electron chi connectivity index (χ0n) is 11.6. The number of fused-ring (bicyclic) bond motifs is 1. The highest BCUT2D eigenvalue weighted by molar-refractivity contribution is 9.10. The normalized spacial score (nSPS) is 11.2. The van der Waals surface area contributed by atoms with Crippen LogP contribution in [0, 0.1) is 0 Å². The molecule has 0 aliphatic heterocycles. The van der Waals surface area contributed by atoms with Crippen molar-refractivity contribution in [3.63, 3.8) is 0 Å². The van der Waals surface area contributed by atoms with Gasteiger partial charge in [0.15, 0.2) is 5.13 Å². The third-order valence-corrected chi connectivity index (χ3v) is 4.43. The van der Waals surface area contributed by atoms with Crippen molar-refractivity contribution in [3.8, 4) is 5.75 Å². The van der Waals surface area contributed by atoms with Crippen molar-refractivity contribution in [2.75, 3.05) is 5.32 Å². The number of carbonyl (C=O) groups excluding carboxylic acids is 1. The molecular formula is C13H9BrF2N4O2S. The minimum atomic E-state index is -2.89. The first-order chi connectivity index (χ1) is 10.9. The van der Waals surface area contributed by atoms with Crippen LogP contribution in [0.5, 0.6) is 5.75 Å². The van der Waals surface area contributed by atoms with E-state index in [1.165, 1.54) is 23.0 Å². The smallest absolute Gasteiger partial charge is 0.387 e. The van der Waals surface area contributed by atoms with E-state index in [4.69, 9.17) is 0 Å². The second-order valence-electron chi connectivity index (χ2n) is 4.45. The SMILES string of the molecule is Cn1ncc(Br)c1C(=O)Nc1nc2ccc(OC(F)F)cc2s1. The van der Waals surface area contributed by atoms with Gasteiger partial charge < -0.3 is 4.74 Å². The predicted octanol–water partition coefficient (Wildman–Crippen LogP) is 3.65. The number of aromatic nitrogens is 3. The maximum atomic E-state index is 12.2. The second kappa shape index (κ2) is 6.20. The standard InChI is InChI=1S/C13H9BrF2N4O2S/c1-20-10(7(14)5-17-20)11(21)19-13-18-8-3-2-6(22-12(15)16)4-9(8)23-13/h2-5,12H,1H3,(H,18,19,21). The summed E-state index contributed by atoms with van der Waals surface area (Å²) in [5.74, 6) is -0.330. The first-order valence-electron chi connectivity index (χ1n) is 6.28. The molecule has 0 saturated carbocycles. The second-order valence-corrected chi connectivity index (χ2v) is 6.33. The monoisotopic (exact) mass is 402 g/mol. The van der Waals surface area contributed by atoms with E-state index in [1.807, 2.05) is 0 Å². The van der Waals surface area contributed by atoms with E-state index in [0.717, 1.165) is 11.3 Å². The van der Waals surface area contributed by atoms with Gasteiger partial charge in [-0.1, -0.05) is 11.3 Å². The van der Waals surface area contributed by atoms with E-state index in [1.54, 1.807) is 13.1 Å². The number of nitrogens with zero attached hydrogens (tertiary/aromatic N) is 3. The maximum Gasteiger partial charge on any atom is 0.387 e. The van der Waals surface area contributed by atoms with Gasteiger partial charge in [0, 0.05) is 7.05 Å². The van der Waals surface area contributed by atoms with Gasteiger partial charge >= 0.3 is 6.61 Å². The summed E-state index contributed by atoms with van der Waals surface area (Å²) in [4.78, 5) is 16.5. The molecule has 0 bridgehead atoms. The highest BCUT2D eigenvalue weighted by atomic mass is 79.9. The summed E-state index contributed by atoms with van der Waals surface area (Å²) in [5, 5.41) is 6.98. The fraction of sp³-hybridized carbons (Fsp3) is 0.154. The van der Waals surface area contributed by atoms with Crippen LogP contribution < -0.4 is 10.1 Å². The van der Waals surface area contributed by atoms with Crippen molar-refractivity contribution in [1.29, 1.82) is 0 Å². The van der Waals surface area contributed by atoms with Gasteiger partial charge in [-0.3, -0.25) is 14.8 Å². The third kappa shape index (κ3) is 3.32. The van der Waals surface area contributed by atoms with E-state index in [2.05, 4.69) is 36.1 Å². The average molecular weight is 403 g/mol. The van der Waals surface area contributed by atoms with Crippen molar-refractivity contribution < 1.29 is 18.3 Å². The van der Waals surface area contributed by atoms with Crippen molar-refractivity contribution in [3.05, 3.63) is 34.6 Å². The Labute approximate surface area is 141 Å². The van der Waals surface area contributed by atoms with Gasteiger partial charge in [-0.05, 0) is 34.1 Å². The van der Waals surface area contributed by atoms with Crippen molar-refractivity contribution in [1.82, 2.24) is 14.8 Å². The van der Waals surface area contributed by atoms with Gasteiger partial charge in [0.25, 0.3) is 5.91 Å². The molecule has 3 aromatic rings. The number of thiazole rings is 1. The van der Waals surface area contributed by atoms with E-state index in [0.29, 0.717) is 25.5 Å². The highest BCUT2D eigenvalue weighted by Gasteiger charge is 2.17. The Bertz CT molecular complexity index is 861. The summed E-state index contributed by atoms with van der Waals surface area (Å²) >= 11 is 4.41. The van der Waals surface area contributed by atoms with Crippen molar-refractivity contribution in [2.24, 2.45) is 7.05 Å². The Morgan fingerprint density at radius 3 is 2.91 bits per heavy atom. The first kappa shape index (κ1) is 15.8. The number of ether oxygens (including phenoxy) is 1. The van der Waals surface area contributed by atoms with Gasteiger partial charge in [-0.25, -0.2) is 4.98 Å². The van der Waals surface area contributed by atoms with Crippen LogP contribution in [0.3, 0.4) is 0 Å². The summed E-state index contributed by atoms with van der Waals surface area (Å²) < 4.78 is 31.4. The number of benzene rings is 1. The molecule has 1 aromatic carbocycles. The lowest BCUT2D eigenvalue weighted by molar-refractivity contribution is -0.0497. The molecule has 0 spiro atoms. The Hall–Kier alpha value is -2.07. The Morgan fingerprint density at radius 2 is 2.26 bits per heavy atom. The molecule has 0 radical (unpaired) electrons. The molecule has 23 heavy (non-hydrogen) atoms. The Balaban J connectivity index is 1.85. The minimum Gasteiger partial charge on any atom is -0.435 e. The summed E-state index contributed by atoms with van der Waals surface area (Å²) in [5.41, 5.74) is 0.932. The first-order valence-corrected chi connectivity index (χ1v) is 7.89. The molecule has 0 saturated heterocycles. The predicted molar refractivity (Wildman–Crippen MR) is 85.1 cm³/mol. The molecule has 3 rings (SSSR count). The number of aryl methyl sites for hydroxylation is 1. The van der Waals surface area contributed by atoms with Crippen molar-refractivity contribution >= 4 is 48.5 Å². The molecule has 120 valence electrons. The zero-order chi connectivity index (χ0) is 16.6. The van der Waals surface area contributed by atoms with Crippen LogP contribution in [0.4, 0.5) is 13.9 Å². The van der Waals surface area contributed by atoms with Crippen LogP contribution in [0.25, 0.3) is 10.2 Å². The fourth-order valence-electron chi connectivity index (χ4n) is 1.96. The molecule has 1 amide bonds. The lowest BCUT2D eigenvalue weighted by Crippen LogP contribution is -2.16. The van der Waals surface area contributed by atoms with E-state index < -0.39 is 6.61 Å². The topological polar surface area (TPSA) is 69.0 Å². The molecule has 2 aromatic heterocycles. The lowest BCUT2D eigenvalue weighted by Gasteiger charge is -2.02. The van der Waals surface area contributed by atoms with Gasteiger partial charge in [-0.2, -0.15) is 13.9 Å². The van der Waals surface area contributed by atoms with Gasteiger partial charge in [-0.15, -0.1) is 0 Å². The number of hydrogen-bond acceptors (Lipinski definition) is 5. The number of anilines is 1. The van der Waals surface area contributed by atoms with Crippen LogP contribution in [-0.2, 0) is 7.05 Å². The number of hydrogen-bond donors (Lipinski definition) is 1. The number of rotatable bonds is 4. The molecule has 0 aliphatic carbocycles. The fourth-order valence-corrected chi connectivity index (χ4v) is 3.37. The van der Waals surface area contributed by atoms with E-state index >= 15 is 0 Å². The molecule has 0 atom stereocenters. The Morgan fingerprint density at radius 1 is 1.48 bits per heavy atom. The third-order valence-electron chi connectivity index (χ3n) is 2.91. The molecule has 1 N–H and O–H groups in total. The summed E-state index contributed by atoms with van der Waals surface area (Å²) in [6.07, 6.45) is 1.52. The summed E-state index contributed by atoms with van der Waals surface area (Å²) in [6.45, 7) is -2.89. The van der Waals surface area contributed by atoms with Gasteiger partial charge in [0.2, 0.25) is 0 Å². The number of halogens is 3. The van der Waals surface area contributed by atoms with Crippen molar-refractivity contribution in [2.45, 2.75) is 6.61 Å². The number of nitrogens with one attached hydrogen (secondary N) is 1. The summed E-state index contributed by atoms with van der Waals surface area (Å²) in [6, 6.07) is 4.41. The Kier molecular flexibility index (Phi) is 4.26. The molecule has 2 heterocycles. The highest BCUT2D eigenvalue weighted by Crippen LogP contribution is 2.30. The largest absolute Gasteiger partial charge is 0.435 e. The number of carbonyl (C=O) groups is 1.